The highest BCUT2D eigenvalue weighted by atomic mass is 32.2. The summed E-state index contributed by atoms with van der Waals surface area (Å²) in [5, 5.41) is 28.2. The number of nitrogen functional groups attached to an aromatic ring is 1. The maximum Gasteiger partial charge on any atom is 0.166 e. The molecule has 5 N–H and O–H groups in total. The number of rotatable bonds is 2. The second-order valence-electron chi connectivity index (χ2n) is 4.31. The fraction of sp³-hybridized carbons (Fsp3) is 0.500. The van der Waals surface area contributed by atoms with Crippen LogP contribution in [0.5, 0.6) is 0 Å². The van der Waals surface area contributed by atoms with Gasteiger partial charge in [-0.2, -0.15) is 0 Å². The molecule has 1 aliphatic rings. The minimum absolute atomic E-state index is 0.205. The lowest BCUT2D eigenvalue weighted by atomic mass is 10.1. The first-order valence-electron chi connectivity index (χ1n) is 5.69. The van der Waals surface area contributed by atoms with Crippen molar-refractivity contribution in [2.45, 2.75) is 22.8 Å². The van der Waals surface area contributed by atoms with Crippen LogP contribution in [0.4, 0.5) is 5.82 Å². The Labute approximate surface area is 112 Å². The van der Waals surface area contributed by atoms with E-state index in [0.29, 0.717) is 11.2 Å². The molecule has 2 aromatic rings. The predicted octanol–water partition coefficient (Wildman–Crippen LogP) is -1.26. The van der Waals surface area contributed by atoms with Crippen LogP contribution in [0.1, 0.15) is 5.37 Å². The van der Waals surface area contributed by atoms with Crippen LogP contribution >= 0.6 is 11.8 Å². The number of aliphatic hydroxyl groups excluding tert-OH is 3. The van der Waals surface area contributed by atoms with Gasteiger partial charge in [-0.05, 0) is 0 Å². The molecule has 3 rings (SSSR count). The molecule has 3 heterocycles. The molecule has 0 amide bonds. The van der Waals surface area contributed by atoms with E-state index in [1.807, 2.05) is 0 Å². The van der Waals surface area contributed by atoms with Crippen LogP contribution in [-0.4, -0.2) is 58.9 Å². The summed E-state index contributed by atoms with van der Waals surface area (Å²) >= 11 is 1.28. The summed E-state index contributed by atoms with van der Waals surface area (Å²) < 4.78 is 1.64. The predicted molar refractivity (Wildman–Crippen MR) is 69.3 cm³/mol. The van der Waals surface area contributed by atoms with Crippen molar-refractivity contribution in [1.82, 2.24) is 19.5 Å². The largest absolute Gasteiger partial charge is 0.395 e. The quantitative estimate of drug-likeness (QED) is 0.537. The average molecular weight is 283 g/mol. The lowest BCUT2D eigenvalue weighted by Gasteiger charge is -2.16. The number of hydrogen-bond acceptors (Lipinski definition) is 8. The topological polar surface area (TPSA) is 130 Å². The molecule has 102 valence electrons. The summed E-state index contributed by atoms with van der Waals surface area (Å²) in [5.41, 5.74) is 6.65. The smallest absolute Gasteiger partial charge is 0.166 e. The van der Waals surface area contributed by atoms with Crippen molar-refractivity contribution in [2.75, 3.05) is 12.3 Å². The van der Waals surface area contributed by atoms with Crippen LogP contribution in [0.25, 0.3) is 11.2 Å². The molecular formula is C10H13N5O3S. The fourth-order valence-electron chi connectivity index (χ4n) is 2.17. The van der Waals surface area contributed by atoms with Gasteiger partial charge in [-0.1, -0.05) is 0 Å². The molecule has 1 saturated heterocycles. The number of thioether (sulfide) groups is 1. The van der Waals surface area contributed by atoms with E-state index in [1.54, 1.807) is 4.57 Å². The highest BCUT2D eigenvalue weighted by molar-refractivity contribution is 8.00. The minimum atomic E-state index is -1.00. The number of anilines is 1. The maximum absolute atomic E-state index is 10.1. The van der Waals surface area contributed by atoms with E-state index in [9.17, 15) is 10.2 Å². The molecule has 0 radical (unpaired) electrons. The van der Waals surface area contributed by atoms with E-state index in [0.717, 1.165) is 0 Å². The van der Waals surface area contributed by atoms with Gasteiger partial charge in [0.1, 0.15) is 23.3 Å². The van der Waals surface area contributed by atoms with Gasteiger partial charge in [-0.3, -0.25) is 4.57 Å². The summed E-state index contributed by atoms with van der Waals surface area (Å²) in [4.78, 5) is 12.1. The third-order valence-electron chi connectivity index (χ3n) is 3.18. The van der Waals surface area contributed by atoms with Crippen molar-refractivity contribution in [3.8, 4) is 0 Å². The summed E-state index contributed by atoms with van der Waals surface area (Å²) in [6.07, 6.45) is 0.831. The zero-order valence-corrected chi connectivity index (χ0v) is 10.6. The first-order valence-corrected chi connectivity index (χ1v) is 6.63. The van der Waals surface area contributed by atoms with Crippen LogP contribution in [0.2, 0.25) is 0 Å². The number of fused-ring (bicyclic) bond motifs is 1. The van der Waals surface area contributed by atoms with Gasteiger partial charge in [-0.15, -0.1) is 11.8 Å². The number of nitrogens with two attached hydrogens (primary N) is 1. The van der Waals surface area contributed by atoms with Crippen LogP contribution in [0.3, 0.4) is 0 Å². The number of aliphatic hydroxyl groups is 3. The first kappa shape index (κ1) is 12.6. The monoisotopic (exact) mass is 283 g/mol. The van der Waals surface area contributed by atoms with E-state index < -0.39 is 22.8 Å². The van der Waals surface area contributed by atoms with Crippen LogP contribution in [0.15, 0.2) is 12.7 Å². The SMILES string of the molecule is Nc1ncnc2c1ncn2[C@H]1S[C@@H](CO)[C@H](O)[C@H]1O. The lowest BCUT2D eigenvalue weighted by molar-refractivity contribution is 0.0113. The minimum Gasteiger partial charge on any atom is -0.395 e. The molecule has 19 heavy (non-hydrogen) atoms. The van der Waals surface area contributed by atoms with Crippen molar-refractivity contribution < 1.29 is 15.3 Å². The number of hydrogen-bond donors (Lipinski definition) is 4. The molecule has 0 aliphatic carbocycles. The van der Waals surface area contributed by atoms with Crippen molar-refractivity contribution in [3.05, 3.63) is 12.7 Å². The van der Waals surface area contributed by atoms with E-state index >= 15 is 0 Å². The highest BCUT2D eigenvalue weighted by Gasteiger charge is 2.43. The third-order valence-corrected chi connectivity index (χ3v) is 4.74. The Morgan fingerprint density at radius 1 is 1.26 bits per heavy atom. The molecule has 9 heteroatoms. The molecule has 1 fully saturated rings. The van der Waals surface area contributed by atoms with Crippen LogP contribution < -0.4 is 5.73 Å². The molecule has 4 atom stereocenters. The molecule has 1 aliphatic heterocycles. The van der Waals surface area contributed by atoms with Gasteiger partial charge < -0.3 is 21.1 Å². The summed E-state index contributed by atoms with van der Waals surface area (Å²) in [5.74, 6) is 0.264. The van der Waals surface area contributed by atoms with Gasteiger partial charge in [0.05, 0.1) is 24.3 Å². The van der Waals surface area contributed by atoms with Crippen molar-refractivity contribution in [3.63, 3.8) is 0 Å². The third kappa shape index (κ3) is 1.86. The Balaban J connectivity index is 2.04. The van der Waals surface area contributed by atoms with Gasteiger partial charge in [0, 0.05) is 0 Å². The first-order chi connectivity index (χ1) is 9.13. The van der Waals surface area contributed by atoms with Crippen LogP contribution in [-0.2, 0) is 0 Å². The Hall–Kier alpha value is -1.42. The Morgan fingerprint density at radius 2 is 2.05 bits per heavy atom. The van der Waals surface area contributed by atoms with E-state index in [-0.39, 0.29) is 12.4 Å². The van der Waals surface area contributed by atoms with E-state index in [1.165, 1.54) is 24.4 Å². The molecule has 0 unspecified atom stereocenters. The van der Waals surface area contributed by atoms with Crippen LogP contribution in [0, 0.1) is 0 Å². The zero-order valence-electron chi connectivity index (χ0n) is 9.79. The summed E-state index contributed by atoms with van der Waals surface area (Å²) in [6.45, 7) is -0.205. The van der Waals surface area contributed by atoms with Gasteiger partial charge in [0.15, 0.2) is 11.5 Å². The molecule has 0 bridgehead atoms. The van der Waals surface area contributed by atoms with Crippen molar-refractivity contribution in [1.29, 1.82) is 0 Å². The highest BCUT2D eigenvalue weighted by Crippen LogP contribution is 2.42. The van der Waals surface area contributed by atoms with E-state index in [4.69, 9.17) is 10.8 Å². The van der Waals surface area contributed by atoms with Crippen molar-refractivity contribution >= 4 is 28.7 Å². The second kappa shape index (κ2) is 4.60. The maximum atomic E-state index is 10.1. The standard InChI is InChI=1S/C10H13N5O3S/c11-8-5-9(13-2-12-8)15(3-14-5)10-7(18)6(17)4(1-16)19-10/h2-4,6-7,10,16-18H,1H2,(H2,11,12,13)/t4-,6-,7+,10-/m0/s1. The molecule has 0 spiro atoms. The molecule has 8 nitrogen and oxygen atoms in total. The lowest BCUT2D eigenvalue weighted by Crippen LogP contribution is -2.32. The molecule has 0 aromatic carbocycles. The zero-order chi connectivity index (χ0) is 13.6. The number of imidazole rings is 1. The Kier molecular flexibility index (Phi) is 3.05. The second-order valence-corrected chi connectivity index (χ2v) is 5.67. The van der Waals surface area contributed by atoms with Gasteiger partial charge in [-0.25, -0.2) is 15.0 Å². The van der Waals surface area contributed by atoms with Gasteiger partial charge in [0.2, 0.25) is 0 Å². The summed E-state index contributed by atoms with van der Waals surface area (Å²) in [7, 11) is 0. The van der Waals surface area contributed by atoms with Gasteiger partial charge >= 0.3 is 0 Å². The average Bonchev–Trinajstić information content (AvgIpc) is 2.94. The normalized spacial score (nSPS) is 31.1. The molecule has 0 saturated carbocycles. The van der Waals surface area contributed by atoms with E-state index in [2.05, 4.69) is 15.0 Å². The Bertz CT molecular complexity index is 606. The fourth-order valence-corrected chi connectivity index (χ4v) is 3.54. The Morgan fingerprint density at radius 3 is 2.74 bits per heavy atom. The number of aromatic nitrogens is 4. The molecule has 2 aromatic heterocycles. The summed E-state index contributed by atoms with van der Waals surface area (Å²) in [6, 6.07) is 0. The van der Waals surface area contributed by atoms with Gasteiger partial charge in [0.25, 0.3) is 0 Å². The van der Waals surface area contributed by atoms with Crippen molar-refractivity contribution in [2.24, 2.45) is 0 Å². The molecular weight excluding hydrogens is 270 g/mol. The number of nitrogens with zero attached hydrogens (tertiary/aromatic N) is 4.